The number of alkyl halides is 3. The van der Waals surface area contributed by atoms with Gasteiger partial charge in [0.2, 0.25) is 5.90 Å². The normalized spacial score (nSPS) is 17.5. The van der Waals surface area contributed by atoms with Gasteiger partial charge in [0, 0.05) is 4.90 Å². The van der Waals surface area contributed by atoms with Crippen molar-refractivity contribution in [3.8, 4) is 0 Å². The fraction of sp³-hybridized carbons (Fsp3) is 0.136. The lowest BCUT2D eigenvalue weighted by Crippen LogP contribution is -2.08. The number of hydrogen-bond acceptors (Lipinski definition) is 3. The average molecular weight is 415 g/mol. The maximum absolute atomic E-state index is 13.1. The Balaban J connectivity index is 1.64. The molecule has 3 aromatic rings. The van der Waals surface area contributed by atoms with Crippen molar-refractivity contribution in [3.05, 3.63) is 95.6 Å². The van der Waals surface area contributed by atoms with E-state index in [0.29, 0.717) is 23.0 Å². The van der Waals surface area contributed by atoms with E-state index in [-0.39, 0.29) is 10.9 Å². The van der Waals surface area contributed by atoms with Crippen molar-refractivity contribution in [2.75, 3.05) is 6.61 Å². The van der Waals surface area contributed by atoms with Crippen LogP contribution < -0.4 is 0 Å². The van der Waals surface area contributed by atoms with E-state index in [1.54, 1.807) is 24.3 Å². The number of hydrogen-bond donors (Lipinski definition) is 0. The molecule has 0 aliphatic carbocycles. The molecule has 0 bridgehead atoms. The molecule has 1 aliphatic heterocycles. The first-order chi connectivity index (χ1) is 13.9. The van der Waals surface area contributed by atoms with Crippen LogP contribution in [0.5, 0.6) is 0 Å². The predicted octanol–water partition coefficient (Wildman–Crippen LogP) is 5.39. The van der Waals surface area contributed by atoms with Gasteiger partial charge in [0.25, 0.3) is 0 Å². The molecule has 0 spiro atoms. The van der Waals surface area contributed by atoms with E-state index in [2.05, 4.69) is 4.99 Å². The third kappa shape index (κ3) is 4.10. The highest BCUT2D eigenvalue weighted by atomic mass is 32.2. The molecule has 1 heterocycles. The maximum atomic E-state index is 13.1. The first kappa shape index (κ1) is 19.4. The number of nitrogens with zero attached hydrogens (tertiary/aromatic N) is 1. The van der Waals surface area contributed by atoms with Gasteiger partial charge in [-0.3, -0.25) is 0 Å². The second-order valence-electron chi connectivity index (χ2n) is 6.46. The van der Waals surface area contributed by atoms with Gasteiger partial charge in [-0.15, -0.1) is 0 Å². The summed E-state index contributed by atoms with van der Waals surface area (Å²) in [7, 11) is -1.67. The Morgan fingerprint density at radius 2 is 1.55 bits per heavy atom. The van der Waals surface area contributed by atoms with E-state index in [9.17, 15) is 17.4 Å². The van der Waals surface area contributed by atoms with Crippen molar-refractivity contribution >= 4 is 16.7 Å². The van der Waals surface area contributed by atoms with Gasteiger partial charge in [0.05, 0.1) is 26.8 Å². The molecule has 3 aromatic carbocycles. The molecule has 1 aliphatic rings. The fourth-order valence-corrected chi connectivity index (χ4v) is 4.26. The van der Waals surface area contributed by atoms with Gasteiger partial charge in [-0.2, -0.15) is 13.2 Å². The summed E-state index contributed by atoms with van der Waals surface area (Å²) in [5.41, 5.74) is 0.814. The maximum Gasteiger partial charge on any atom is 0.416 e. The van der Waals surface area contributed by atoms with Crippen molar-refractivity contribution in [1.82, 2.24) is 0 Å². The van der Waals surface area contributed by atoms with Crippen LogP contribution in [-0.4, -0.2) is 16.7 Å². The summed E-state index contributed by atoms with van der Waals surface area (Å²) >= 11 is 0. The minimum atomic E-state index is -4.43. The highest BCUT2D eigenvalue weighted by molar-refractivity contribution is 7.85. The lowest BCUT2D eigenvalue weighted by molar-refractivity contribution is -0.137. The Bertz CT molecular complexity index is 1060. The summed E-state index contributed by atoms with van der Waals surface area (Å²) < 4.78 is 57.2. The van der Waals surface area contributed by atoms with Crippen LogP contribution in [0.1, 0.15) is 22.7 Å². The van der Waals surface area contributed by atoms with Crippen LogP contribution in [0.4, 0.5) is 13.2 Å². The molecule has 0 N–H and O–H groups in total. The van der Waals surface area contributed by atoms with E-state index in [1.165, 1.54) is 12.1 Å². The summed E-state index contributed by atoms with van der Waals surface area (Å²) in [6.07, 6.45) is -4.43. The van der Waals surface area contributed by atoms with Crippen LogP contribution in [0.15, 0.2) is 93.6 Å². The Hall–Kier alpha value is -2.93. The summed E-state index contributed by atoms with van der Waals surface area (Å²) in [6, 6.07) is 20.8. The molecule has 0 unspecified atom stereocenters. The molecule has 0 saturated carbocycles. The molecule has 3 nitrogen and oxygen atoms in total. The molecule has 0 fully saturated rings. The van der Waals surface area contributed by atoms with Crippen LogP contribution in [-0.2, 0) is 21.7 Å². The van der Waals surface area contributed by atoms with Crippen LogP contribution in [0, 0.1) is 0 Å². The molecule has 0 saturated heterocycles. The zero-order chi connectivity index (χ0) is 20.4. The van der Waals surface area contributed by atoms with Crippen molar-refractivity contribution in [1.29, 1.82) is 0 Å². The van der Waals surface area contributed by atoms with Crippen molar-refractivity contribution in [3.63, 3.8) is 0 Å². The predicted molar refractivity (Wildman–Crippen MR) is 104 cm³/mol. The molecule has 2 atom stereocenters. The Labute approximate surface area is 168 Å². The molecule has 4 rings (SSSR count). The van der Waals surface area contributed by atoms with Crippen LogP contribution >= 0.6 is 0 Å². The second-order valence-corrected chi connectivity index (χ2v) is 7.91. The van der Waals surface area contributed by atoms with E-state index >= 15 is 0 Å². The first-order valence-electron chi connectivity index (χ1n) is 8.87. The fourth-order valence-electron chi connectivity index (χ4n) is 3.07. The monoisotopic (exact) mass is 415 g/mol. The summed E-state index contributed by atoms with van der Waals surface area (Å²) in [6.45, 7) is 0.376. The van der Waals surface area contributed by atoms with Gasteiger partial charge < -0.3 is 4.74 Å². The smallest absolute Gasteiger partial charge is 0.416 e. The highest BCUT2D eigenvalue weighted by Gasteiger charge is 2.30. The molecule has 148 valence electrons. The van der Waals surface area contributed by atoms with Crippen LogP contribution in [0.25, 0.3) is 0 Å². The summed E-state index contributed by atoms with van der Waals surface area (Å²) in [5, 5.41) is 0. The third-order valence-corrected chi connectivity index (χ3v) is 6.00. The zero-order valence-electron chi connectivity index (χ0n) is 15.1. The SMILES string of the molecule is O=[S@](c1ccc(C(F)(F)F)cc1)c1ccccc1C1=N[C@H](c2ccccc2)CO1. The molecular weight excluding hydrogens is 399 g/mol. The van der Waals surface area contributed by atoms with E-state index < -0.39 is 22.5 Å². The van der Waals surface area contributed by atoms with Gasteiger partial charge in [-0.25, -0.2) is 9.20 Å². The molecule has 0 amide bonds. The zero-order valence-corrected chi connectivity index (χ0v) is 15.9. The van der Waals surface area contributed by atoms with Crippen molar-refractivity contribution in [2.45, 2.75) is 22.0 Å². The Morgan fingerprint density at radius 1 is 0.897 bits per heavy atom. The number of ether oxygens (including phenoxy) is 1. The number of aliphatic imine (C=N–C) groups is 1. The molecular formula is C22H16F3NO2S. The van der Waals surface area contributed by atoms with Gasteiger partial charge in [-0.1, -0.05) is 42.5 Å². The topological polar surface area (TPSA) is 38.7 Å². The molecule has 0 radical (unpaired) electrons. The van der Waals surface area contributed by atoms with Crippen molar-refractivity contribution < 1.29 is 22.1 Å². The minimum absolute atomic E-state index is 0.154. The van der Waals surface area contributed by atoms with Crippen molar-refractivity contribution in [2.24, 2.45) is 4.99 Å². The summed E-state index contributed by atoms with van der Waals surface area (Å²) in [5.74, 6) is 0.384. The molecule has 7 heteroatoms. The van der Waals surface area contributed by atoms with Gasteiger partial charge >= 0.3 is 6.18 Å². The summed E-state index contributed by atoms with van der Waals surface area (Å²) in [4.78, 5) is 5.35. The molecule has 0 aromatic heterocycles. The van der Waals surface area contributed by atoms with Crippen LogP contribution in [0.2, 0.25) is 0 Å². The minimum Gasteiger partial charge on any atom is -0.475 e. The Morgan fingerprint density at radius 3 is 2.24 bits per heavy atom. The van der Waals surface area contributed by atoms with Gasteiger partial charge in [0.15, 0.2) is 0 Å². The third-order valence-electron chi connectivity index (χ3n) is 4.55. The second kappa shape index (κ2) is 7.83. The average Bonchev–Trinajstić information content (AvgIpc) is 3.23. The van der Waals surface area contributed by atoms with E-state index in [0.717, 1.165) is 17.7 Å². The van der Waals surface area contributed by atoms with E-state index in [4.69, 9.17) is 4.74 Å². The van der Waals surface area contributed by atoms with E-state index in [1.807, 2.05) is 30.3 Å². The molecule has 29 heavy (non-hydrogen) atoms. The quantitative estimate of drug-likeness (QED) is 0.573. The Kier molecular flexibility index (Phi) is 5.24. The lowest BCUT2D eigenvalue weighted by atomic mass is 10.1. The highest BCUT2D eigenvalue weighted by Crippen LogP contribution is 2.31. The lowest BCUT2D eigenvalue weighted by Gasteiger charge is -2.10. The largest absolute Gasteiger partial charge is 0.475 e. The first-order valence-corrected chi connectivity index (χ1v) is 10.0. The number of benzene rings is 3. The standard InChI is InChI=1S/C22H16F3NO2S/c23-22(24,25)16-10-12-17(13-11-16)29(27)20-9-5-4-8-18(20)21-26-19(14-28-21)15-6-2-1-3-7-15/h1-13,19H,14H2/t19-,29+/m0/s1. The van der Waals surface area contributed by atoms with Crippen LogP contribution in [0.3, 0.4) is 0 Å². The number of halogens is 3. The van der Waals surface area contributed by atoms with Gasteiger partial charge in [0.1, 0.15) is 12.6 Å². The number of rotatable bonds is 4. The van der Waals surface area contributed by atoms with Gasteiger partial charge in [-0.05, 0) is 42.0 Å².